The second-order valence-electron chi connectivity index (χ2n) is 9.44. The summed E-state index contributed by atoms with van der Waals surface area (Å²) in [6, 6.07) is 13.0. The summed E-state index contributed by atoms with van der Waals surface area (Å²) in [5, 5.41) is 1.50. The normalized spacial score (nSPS) is 20.7. The van der Waals surface area contributed by atoms with E-state index in [1.807, 2.05) is 6.92 Å². The van der Waals surface area contributed by atoms with Crippen LogP contribution in [0.3, 0.4) is 0 Å². The number of carbonyl (C=O) groups is 2. The summed E-state index contributed by atoms with van der Waals surface area (Å²) in [5.74, 6) is -0.162. The Morgan fingerprint density at radius 1 is 0.750 bits per heavy atom. The first-order chi connectivity index (χ1) is 19.1. The van der Waals surface area contributed by atoms with E-state index in [4.69, 9.17) is 27.8 Å². The lowest BCUT2D eigenvalue weighted by molar-refractivity contribution is -0.174. The largest absolute Gasteiger partial charge is 0.481 e. The first-order valence-corrected chi connectivity index (χ1v) is 13.5. The SMILES string of the molecule is CC(=O)O[C@@H]1[C@@H](Oc2ccc3c(C)cc(=O)oc3c2)[C@@H](Oc2ccc3c(C)cc(=O)oc3c2)SC[C@H]1OC(C)=O. The van der Waals surface area contributed by atoms with E-state index >= 15 is 0 Å². The fourth-order valence-electron chi connectivity index (χ4n) is 4.67. The number of esters is 2. The molecule has 0 N–H and O–H groups in total. The molecule has 40 heavy (non-hydrogen) atoms. The predicted octanol–water partition coefficient (Wildman–Crippen LogP) is 4.28. The minimum Gasteiger partial charge on any atom is -0.481 e. The molecule has 1 aliphatic rings. The van der Waals surface area contributed by atoms with Gasteiger partial charge in [-0.25, -0.2) is 9.59 Å². The number of carbonyl (C=O) groups excluding carboxylic acids is 2. The molecule has 1 saturated heterocycles. The smallest absolute Gasteiger partial charge is 0.336 e. The van der Waals surface area contributed by atoms with Gasteiger partial charge in [0.15, 0.2) is 23.7 Å². The van der Waals surface area contributed by atoms with E-state index < -0.39 is 46.9 Å². The van der Waals surface area contributed by atoms with Gasteiger partial charge in [-0.3, -0.25) is 9.59 Å². The molecule has 10 nitrogen and oxygen atoms in total. The molecule has 11 heteroatoms. The Labute approximate surface area is 232 Å². The fraction of sp³-hybridized carbons (Fsp3) is 0.310. The summed E-state index contributed by atoms with van der Waals surface area (Å²) < 4.78 is 34.4. The van der Waals surface area contributed by atoms with Crippen molar-refractivity contribution in [2.24, 2.45) is 0 Å². The van der Waals surface area contributed by atoms with Crippen LogP contribution < -0.4 is 20.7 Å². The lowest BCUT2D eigenvalue weighted by Gasteiger charge is -2.40. The zero-order chi connectivity index (χ0) is 28.6. The van der Waals surface area contributed by atoms with Gasteiger partial charge in [0.2, 0.25) is 0 Å². The fourth-order valence-corrected chi connectivity index (χ4v) is 5.88. The topological polar surface area (TPSA) is 131 Å². The van der Waals surface area contributed by atoms with Crippen LogP contribution in [0, 0.1) is 13.8 Å². The van der Waals surface area contributed by atoms with Crippen LogP contribution in [0.5, 0.6) is 11.5 Å². The number of ether oxygens (including phenoxy) is 4. The van der Waals surface area contributed by atoms with Crippen molar-refractivity contribution >= 4 is 45.6 Å². The predicted molar refractivity (Wildman–Crippen MR) is 147 cm³/mol. The molecule has 1 fully saturated rings. The number of hydrogen-bond acceptors (Lipinski definition) is 11. The van der Waals surface area contributed by atoms with E-state index in [9.17, 15) is 19.2 Å². The molecule has 3 heterocycles. The molecule has 0 unspecified atom stereocenters. The molecule has 2 aromatic heterocycles. The number of fused-ring (bicyclic) bond motifs is 2. The summed E-state index contributed by atoms with van der Waals surface area (Å²) >= 11 is 1.31. The Kier molecular flexibility index (Phi) is 7.57. The highest BCUT2D eigenvalue weighted by atomic mass is 32.2. The van der Waals surface area contributed by atoms with Crippen molar-refractivity contribution in [1.82, 2.24) is 0 Å². The number of thioether (sulfide) groups is 1. The molecule has 0 saturated carbocycles. The third-order valence-corrected chi connectivity index (χ3v) is 7.59. The van der Waals surface area contributed by atoms with Gasteiger partial charge in [-0.2, -0.15) is 0 Å². The van der Waals surface area contributed by atoms with Crippen LogP contribution in [0.15, 0.2) is 67.0 Å². The van der Waals surface area contributed by atoms with Crippen molar-refractivity contribution < 1.29 is 37.4 Å². The molecule has 2 aromatic carbocycles. The molecule has 4 aromatic rings. The summed E-state index contributed by atoms with van der Waals surface area (Å²) in [7, 11) is 0. The van der Waals surface area contributed by atoms with Crippen molar-refractivity contribution in [1.29, 1.82) is 0 Å². The average Bonchev–Trinajstić information content (AvgIpc) is 2.86. The molecule has 0 aliphatic carbocycles. The first-order valence-electron chi connectivity index (χ1n) is 12.5. The van der Waals surface area contributed by atoms with E-state index in [2.05, 4.69) is 0 Å². The van der Waals surface area contributed by atoms with Gasteiger partial charge in [0.1, 0.15) is 22.7 Å². The van der Waals surface area contributed by atoms with E-state index in [0.29, 0.717) is 22.7 Å². The molecule has 0 amide bonds. The quantitative estimate of drug-likeness (QED) is 0.245. The minimum absolute atomic E-state index is 0.260. The Bertz CT molecular complexity index is 1720. The highest BCUT2D eigenvalue weighted by Gasteiger charge is 2.47. The molecular formula is C29H26O10S. The zero-order valence-electron chi connectivity index (χ0n) is 22.1. The standard InChI is InChI=1S/C29H26O10S/c1-14-9-25(32)38-22-11-18(5-7-20(14)22)36-28-27(35-17(4)31)24(34-16(3)30)13-40-29(28)37-19-6-8-21-15(2)10-26(33)39-23(21)12-19/h5-12,24,27-29H,13H2,1-4H3/t24-,27+,28-,29+/m1/s1. The van der Waals surface area contributed by atoms with E-state index in [0.717, 1.165) is 21.9 Å². The Morgan fingerprint density at radius 2 is 1.27 bits per heavy atom. The Hall–Kier alpha value is -4.25. The Morgan fingerprint density at radius 3 is 1.80 bits per heavy atom. The molecule has 0 spiro atoms. The van der Waals surface area contributed by atoms with Gasteiger partial charge in [-0.15, -0.1) is 11.8 Å². The van der Waals surface area contributed by atoms with Gasteiger partial charge < -0.3 is 27.8 Å². The van der Waals surface area contributed by atoms with Crippen molar-refractivity contribution in [3.8, 4) is 11.5 Å². The van der Waals surface area contributed by atoms with Crippen molar-refractivity contribution in [3.63, 3.8) is 0 Å². The van der Waals surface area contributed by atoms with Crippen LogP contribution in [0.1, 0.15) is 25.0 Å². The van der Waals surface area contributed by atoms with Crippen molar-refractivity contribution in [3.05, 3.63) is 80.5 Å². The third kappa shape index (κ3) is 5.84. The maximum absolute atomic E-state index is 12.1. The van der Waals surface area contributed by atoms with Gasteiger partial charge >= 0.3 is 23.2 Å². The Balaban J connectivity index is 1.53. The van der Waals surface area contributed by atoms with E-state index in [-0.39, 0.29) is 5.75 Å². The highest BCUT2D eigenvalue weighted by Crippen LogP contribution is 2.36. The number of rotatable bonds is 6. The van der Waals surface area contributed by atoms with E-state index in [1.54, 1.807) is 43.3 Å². The van der Waals surface area contributed by atoms with Crippen molar-refractivity contribution in [2.75, 3.05) is 5.75 Å². The van der Waals surface area contributed by atoms with Gasteiger partial charge in [-0.1, -0.05) is 0 Å². The monoisotopic (exact) mass is 566 g/mol. The summed E-state index contributed by atoms with van der Waals surface area (Å²) in [6.07, 6.45) is -2.79. The second-order valence-corrected chi connectivity index (χ2v) is 10.6. The van der Waals surface area contributed by atoms with Crippen LogP contribution in [0.4, 0.5) is 0 Å². The van der Waals surface area contributed by atoms with Gasteiger partial charge in [0, 0.05) is 54.6 Å². The van der Waals surface area contributed by atoms with Gasteiger partial charge in [0.05, 0.1) is 0 Å². The molecule has 0 radical (unpaired) electrons. The lowest BCUT2D eigenvalue weighted by atomic mass is 10.1. The minimum atomic E-state index is -1.02. The molecule has 208 valence electrons. The number of aryl methyl sites for hydroxylation is 2. The lowest BCUT2D eigenvalue weighted by Crippen LogP contribution is -2.56. The summed E-state index contributed by atoms with van der Waals surface area (Å²) in [6.45, 7) is 6.13. The first kappa shape index (κ1) is 27.3. The molecule has 5 rings (SSSR count). The van der Waals surface area contributed by atoms with Gasteiger partial charge in [-0.05, 0) is 49.2 Å². The maximum Gasteiger partial charge on any atom is 0.336 e. The van der Waals surface area contributed by atoms with E-state index in [1.165, 1.54) is 37.7 Å². The third-order valence-electron chi connectivity index (χ3n) is 6.37. The van der Waals surface area contributed by atoms with Crippen LogP contribution in [-0.2, 0) is 19.1 Å². The molecule has 4 atom stereocenters. The van der Waals surface area contributed by atoms with Crippen LogP contribution in [0.2, 0.25) is 0 Å². The maximum atomic E-state index is 12.1. The molecular weight excluding hydrogens is 540 g/mol. The van der Waals surface area contributed by atoms with Crippen LogP contribution >= 0.6 is 11.8 Å². The van der Waals surface area contributed by atoms with Crippen molar-refractivity contribution in [2.45, 2.75) is 51.4 Å². The van der Waals surface area contributed by atoms with Crippen LogP contribution in [0.25, 0.3) is 21.9 Å². The summed E-state index contributed by atoms with van der Waals surface area (Å²) in [4.78, 5) is 47.8. The highest BCUT2D eigenvalue weighted by molar-refractivity contribution is 7.99. The summed E-state index contributed by atoms with van der Waals surface area (Å²) in [5.41, 5.74) is 0.473. The number of benzene rings is 2. The van der Waals surface area contributed by atoms with Gasteiger partial charge in [0.25, 0.3) is 0 Å². The average molecular weight is 567 g/mol. The molecule has 0 bridgehead atoms. The molecule has 1 aliphatic heterocycles. The zero-order valence-corrected chi connectivity index (χ0v) is 22.9. The van der Waals surface area contributed by atoms with Crippen LogP contribution in [-0.4, -0.2) is 41.4 Å². The second kappa shape index (κ2) is 11.1. The number of hydrogen-bond donors (Lipinski definition) is 0.